The summed E-state index contributed by atoms with van der Waals surface area (Å²) in [7, 11) is 0. The third kappa shape index (κ3) is 2.82. The Labute approximate surface area is 119 Å². The molecule has 2 aromatic rings. The van der Waals surface area contributed by atoms with Crippen LogP contribution in [0.15, 0.2) is 36.4 Å². The van der Waals surface area contributed by atoms with Gasteiger partial charge in [-0.1, -0.05) is 18.2 Å². The first-order valence-electron chi connectivity index (χ1n) is 6.67. The number of anilines is 1. The minimum Gasteiger partial charge on any atom is -0.493 e. The number of carbonyl (C=O) groups excluding carboxylic acids is 1. The average Bonchev–Trinajstić information content (AvgIpc) is 2.41. The van der Waals surface area contributed by atoms with Gasteiger partial charge in [0, 0.05) is 11.3 Å². The van der Waals surface area contributed by atoms with Crippen molar-refractivity contribution >= 4 is 11.5 Å². The quantitative estimate of drug-likeness (QED) is 0.682. The molecule has 3 heteroatoms. The summed E-state index contributed by atoms with van der Waals surface area (Å²) in [5, 5.41) is 0. The van der Waals surface area contributed by atoms with Crippen molar-refractivity contribution in [1.29, 1.82) is 0 Å². The molecule has 0 unspecified atom stereocenters. The zero-order valence-corrected chi connectivity index (χ0v) is 12.1. The topological polar surface area (TPSA) is 52.3 Å². The minimum atomic E-state index is -0.0625. The van der Waals surface area contributed by atoms with Crippen molar-refractivity contribution < 1.29 is 9.53 Å². The molecule has 0 fully saturated rings. The Morgan fingerprint density at radius 3 is 2.60 bits per heavy atom. The van der Waals surface area contributed by atoms with Crippen molar-refractivity contribution in [2.24, 2.45) is 0 Å². The van der Waals surface area contributed by atoms with E-state index in [2.05, 4.69) is 0 Å². The molecule has 0 saturated heterocycles. The predicted octanol–water partition coefficient (Wildman–Crippen LogP) is 3.52. The number of ketones is 1. The summed E-state index contributed by atoms with van der Waals surface area (Å²) < 4.78 is 5.64. The number of hydrogen-bond acceptors (Lipinski definition) is 3. The second-order valence-electron chi connectivity index (χ2n) is 4.85. The molecule has 0 heterocycles. The molecular formula is C17H19NO2. The van der Waals surface area contributed by atoms with Crippen LogP contribution in [-0.2, 0) is 0 Å². The highest BCUT2D eigenvalue weighted by molar-refractivity contribution is 6.11. The molecular weight excluding hydrogens is 250 g/mol. The molecule has 2 rings (SSSR count). The van der Waals surface area contributed by atoms with Gasteiger partial charge in [-0.15, -0.1) is 0 Å². The van der Waals surface area contributed by atoms with E-state index in [1.165, 1.54) is 0 Å². The van der Waals surface area contributed by atoms with E-state index in [0.717, 1.165) is 11.1 Å². The van der Waals surface area contributed by atoms with Crippen LogP contribution in [0.5, 0.6) is 5.75 Å². The molecule has 0 aliphatic heterocycles. The van der Waals surface area contributed by atoms with Crippen LogP contribution in [0.3, 0.4) is 0 Å². The summed E-state index contributed by atoms with van der Waals surface area (Å²) in [6.07, 6.45) is 0. The highest BCUT2D eigenvalue weighted by Gasteiger charge is 2.17. The first kappa shape index (κ1) is 14.1. The van der Waals surface area contributed by atoms with E-state index in [9.17, 15) is 4.79 Å². The van der Waals surface area contributed by atoms with Gasteiger partial charge < -0.3 is 10.5 Å². The fourth-order valence-electron chi connectivity index (χ4n) is 2.29. The van der Waals surface area contributed by atoms with Crippen molar-refractivity contribution in [3.8, 4) is 5.75 Å². The van der Waals surface area contributed by atoms with Crippen LogP contribution in [0.1, 0.15) is 34.0 Å². The summed E-state index contributed by atoms with van der Waals surface area (Å²) >= 11 is 0. The molecule has 0 aromatic heterocycles. The van der Waals surface area contributed by atoms with Crippen LogP contribution in [0.2, 0.25) is 0 Å². The van der Waals surface area contributed by atoms with Gasteiger partial charge in [0.1, 0.15) is 5.75 Å². The molecule has 0 aliphatic carbocycles. The maximum atomic E-state index is 12.7. The van der Waals surface area contributed by atoms with Crippen LogP contribution in [-0.4, -0.2) is 12.4 Å². The van der Waals surface area contributed by atoms with Gasteiger partial charge in [-0.2, -0.15) is 0 Å². The summed E-state index contributed by atoms with van der Waals surface area (Å²) in [6.45, 7) is 6.36. The Bertz CT molecular complexity index is 647. The minimum absolute atomic E-state index is 0.0625. The number of ether oxygens (including phenoxy) is 1. The monoisotopic (exact) mass is 269 g/mol. The normalized spacial score (nSPS) is 10.3. The van der Waals surface area contributed by atoms with Crippen LogP contribution in [0, 0.1) is 13.8 Å². The van der Waals surface area contributed by atoms with Gasteiger partial charge in [0.2, 0.25) is 0 Å². The zero-order chi connectivity index (χ0) is 14.7. The van der Waals surface area contributed by atoms with Gasteiger partial charge in [0.25, 0.3) is 0 Å². The molecule has 2 N–H and O–H groups in total. The van der Waals surface area contributed by atoms with Gasteiger partial charge in [0.15, 0.2) is 5.78 Å². The Kier molecular flexibility index (Phi) is 4.08. The number of nitrogen functional groups attached to an aromatic ring is 1. The van der Waals surface area contributed by atoms with Crippen molar-refractivity contribution in [3.63, 3.8) is 0 Å². The lowest BCUT2D eigenvalue weighted by atomic mass is 9.97. The van der Waals surface area contributed by atoms with Gasteiger partial charge in [0.05, 0.1) is 12.2 Å². The van der Waals surface area contributed by atoms with Crippen molar-refractivity contribution in [2.45, 2.75) is 20.8 Å². The van der Waals surface area contributed by atoms with Crippen molar-refractivity contribution in [1.82, 2.24) is 0 Å². The number of rotatable bonds is 4. The maximum absolute atomic E-state index is 12.7. The summed E-state index contributed by atoms with van der Waals surface area (Å²) in [5.74, 6) is 0.595. The summed E-state index contributed by atoms with van der Waals surface area (Å²) in [4.78, 5) is 12.7. The van der Waals surface area contributed by atoms with Gasteiger partial charge >= 0.3 is 0 Å². The molecule has 2 aromatic carbocycles. The molecule has 0 radical (unpaired) electrons. The van der Waals surface area contributed by atoms with Gasteiger partial charge in [-0.25, -0.2) is 0 Å². The molecule has 20 heavy (non-hydrogen) atoms. The third-order valence-corrected chi connectivity index (χ3v) is 3.10. The highest BCUT2D eigenvalue weighted by Crippen LogP contribution is 2.28. The van der Waals surface area contributed by atoms with Crippen LogP contribution in [0.4, 0.5) is 5.69 Å². The van der Waals surface area contributed by atoms with E-state index in [0.29, 0.717) is 29.2 Å². The van der Waals surface area contributed by atoms with Crippen molar-refractivity contribution in [2.75, 3.05) is 12.3 Å². The van der Waals surface area contributed by atoms with E-state index >= 15 is 0 Å². The Balaban J connectivity index is 2.53. The van der Waals surface area contributed by atoms with E-state index in [1.54, 1.807) is 24.3 Å². The maximum Gasteiger partial charge on any atom is 0.196 e. The first-order valence-corrected chi connectivity index (χ1v) is 6.67. The SMILES string of the molecule is CCOc1c(C)cc(C)cc1C(=O)c1cccc(N)c1. The smallest absolute Gasteiger partial charge is 0.196 e. The largest absolute Gasteiger partial charge is 0.493 e. The lowest BCUT2D eigenvalue weighted by molar-refractivity contribution is 0.103. The van der Waals surface area contributed by atoms with Crippen molar-refractivity contribution in [3.05, 3.63) is 58.7 Å². The van der Waals surface area contributed by atoms with Crippen LogP contribution >= 0.6 is 0 Å². The van der Waals surface area contributed by atoms with Gasteiger partial charge in [-0.3, -0.25) is 4.79 Å². The van der Waals surface area contributed by atoms with Crippen LogP contribution < -0.4 is 10.5 Å². The molecule has 0 aliphatic rings. The van der Waals surface area contributed by atoms with Crippen LogP contribution in [0.25, 0.3) is 0 Å². The predicted molar refractivity (Wildman–Crippen MR) is 81.4 cm³/mol. The van der Waals surface area contributed by atoms with E-state index in [1.807, 2.05) is 32.9 Å². The second kappa shape index (κ2) is 5.78. The Morgan fingerprint density at radius 2 is 1.95 bits per heavy atom. The average molecular weight is 269 g/mol. The first-order chi connectivity index (χ1) is 9.52. The fourth-order valence-corrected chi connectivity index (χ4v) is 2.29. The number of aryl methyl sites for hydroxylation is 2. The highest BCUT2D eigenvalue weighted by atomic mass is 16.5. The molecule has 3 nitrogen and oxygen atoms in total. The number of benzene rings is 2. The van der Waals surface area contributed by atoms with Gasteiger partial charge in [-0.05, 0) is 50.1 Å². The molecule has 0 spiro atoms. The molecule has 0 bridgehead atoms. The lowest BCUT2D eigenvalue weighted by Crippen LogP contribution is -2.08. The molecule has 0 amide bonds. The second-order valence-corrected chi connectivity index (χ2v) is 4.85. The molecule has 0 saturated carbocycles. The number of nitrogens with two attached hydrogens (primary N) is 1. The number of carbonyl (C=O) groups is 1. The Hall–Kier alpha value is -2.29. The molecule has 0 atom stereocenters. The Morgan fingerprint density at radius 1 is 1.20 bits per heavy atom. The van der Waals surface area contributed by atoms with E-state index in [-0.39, 0.29) is 5.78 Å². The lowest BCUT2D eigenvalue weighted by Gasteiger charge is -2.14. The molecule has 104 valence electrons. The number of hydrogen-bond donors (Lipinski definition) is 1. The summed E-state index contributed by atoms with van der Waals surface area (Å²) in [5.41, 5.74) is 9.51. The van der Waals surface area contributed by atoms with E-state index < -0.39 is 0 Å². The standard InChI is InChI=1S/C17H19NO2/c1-4-20-17-12(3)8-11(2)9-15(17)16(19)13-6-5-7-14(18)10-13/h5-10H,4,18H2,1-3H3. The zero-order valence-electron chi connectivity index (χ0n) is 12.1. The summed E-state index contributed by atoms with van der Waals surface area (Å²) in [6, 6.07) is 10.9. The van der Waals surface area contributed by atoms with E-state index in [4.69, 9.17) is 10.5 Å². The third-order valence-electron chi connectivity index (χ3n) is 3.10. The fraction of sp³-hybridized carbons (Fsp3) is 0.235.